The minimum atomic E-state index is -0.400. The maximum absolute atomic E-state index is 12.0. The minimum absolute atomic E-state index is 0.0905. The molecule has 1 aliphatic rings. The van der Waals surface area contributed by atoms with Crippen LogP contribution in [0, 0.1) is 10.1 Å². The number of benzene rings is 2. The van der Waals surface area contributed by atoms with E-state index >= 15 is 0 Å². The highest BCUT2D eigenvalue weighted by molar-refractivity contribution is 5.70. The van der Waals surface area contributed by atoms with E-state index in [1.165, 1.54) is 11.9 Å². The van der Waals surface area contributed by atoms with Gasteiger partial charge in [-0.3, -0.25) is 15.0 Å². The molecule has 0 bridgehead atoms. The van der Waals surface area contributed by atoms with Crippen LogP contribution in [-0.2, 0) is 13.0 Å². The van der Waals surface area contributed by atoms with Gasteiger partial charge in [-0.25, -0.2) is 9.97 Å². The molecule has 0 unspecified atom stereocenters. The van der Waals surface area contributed by atoms with Gasteiger partial charge in [0, 0.05) is 45.3 Å². The Kier molecular flexibility index (Phi) is 7.94. The molecule has 1 N–H and O–H groups in total. The summed E-state index contributed by atoms with van der Waals surface area (Å²) < 4.78 is 10.6. The smallest absolute Gasteiger partial charge is 0.353 e. The van der Waals surface area contributed by atoms with Gasteiger partial charge in [0.1, 0.15) is 17.8 Å². The van der Waals surface area contributed by atoms with Gasteiger partial charge >= 0.3 is 5.69 Å². The summed E-state index contributed by atoms with van der Waals surface area (Å²) in [6.45, 7) is 4.25. The van der Waals surface area contributed by atoms with Crippen LogP contribution in [0.15, 0.2) is 54.9 Å². The maximum atomic E-state index is 12.0. The van der Waals surface area contributed by atoms with E-state index in [4.69, 9.17) is 9.47 Å². The quantitative estimate of drug-likeness (QED) is 0.347. The molecule has 2 heterocycles. The lowest BCUT2D eigenvalue weighted by atomic mass is 10.1. The number of nitrogens with zero attached hydrogens (tertiary/aromatic N) is 5. The van der Waals surface area contributed by atoms with Crippen LogP contribution in [0.25, 0.3) is 0 Å². The van der Waals surface area contributed by atoms with Gasteiger partial charge in [0.2, 0.25) is 11.6 Å². The molecule has 4 rings (SSSR count). The Bertz CT molecular complexity index is 1110. The first-order chi connectivity index (χ1) is 17.1. The third-order valence-electron chi connectivity index (χ3n) is 6.02. The van der Waals surface area contributed by atoms with Gasteiger partial charge < -0.3 is 19.7 Å². The summed E-state index contributed by atoms with van der Waals surface area (Å²) in [4.78, 5) is 24.4. The zero-order valence-electron chi connectivity index (χ0n) is 20.0. The van der Waals surface area contributed by atoms with Crippen molar-refractivity contribution in [2.75, 3.05) is 57.2 Å². The molecule has 1 fully saturated rings. The number of anilines is 2. The van der Waals surface area contributed by atoms with E-state index in [1.807, 2.05) is 35.2 Å². The van der Waals surface area contributed by atoms with E-state index in [-0.39, 0.29) is 11.5 Å². The number of aromatic nitrogens is 2. The molecule has 184 valence electrons. The summed E-state index contributed by atoms with van der Waals surface area (Å²) in [5.41, 5.74) is 2.15. The first-order valence-corrected chi connectivity index (χ1v) is 11.5. The van der Waals surface area contributed by atoms with Crippen molar-refractivity contribution in [1.82, 2.24) is 14.9 Å². The van der Waals surface area contributed by atoms with Crippen LogP contribution in [0.3, 0.4) is 0 Å². The fourth-order valence-electron chi connectivity index (χ4n) is 4.19. The van der Waals surface area contributed by atoms with Crippen molar-refractivity contribution in [3.63, 3.8) is 0 Å². The summed E-state index contributed by atoms with van der Waals surface area (Å²) in [6.07, 6.45) is 2.00. The average molecular weight is 479 g/mol. The molecule has 0 amide bonds. The number of rotatable bonds is 10. The van der Waals surface area contributed by atoms with Crippen molar-refractivity contribution in [2.24, 2.45) is 0 Å². The Morgan fingerprint density at radius 2 is 1.66 bits per heavy atom. The van der Waals surface area contributed by atoms with Crippen molar-refractivity contribution in [3.8, 4) is 11.5 Å². The molecule has 0 aliphatic carbocycles. The van der Waals surface area contributed by atoms with Gasteiger partial charge in [0.25, 0.3) is 0 Å². The highest BCUT2D eigenvalue weighted by Crippen LogP contribution is 2.32. The number of methoxy groups -OCH3 is 2. The fraction of sp³-hybridized carbons (Fsp3) is 0.360. The predicted octanol–water partition coefficient (Wildman–Crippen LogP) is 3.38. The summed E-state index contributed by atoms with van der Waals surface area (Å²) in [5, 5.41) is 15.1. The topological polar surface area (TPSA) is 106 Å². The van der Waals surface area contributed by atoms with Crippen molar-refractivity contribution in [2.45, 2.75) is 13.0 Å². The SMILES string of the molecule is COc1cc(CCNc2ncnc(N3CCN(Cc4ccccc4)CC3)c2[N+](=O)[O-])cc(OC)c1. The molecule has 10 nitrogen and oxygen atoms in total. The lowest BCUT2D eigenvalue weighted by Gasteiger charge is -2.35. The van der Waals surface area contributed by atoms with Crippen LogP contribution in [-0.4, -0.2) is 66.7 Å². The zero-order valence-corrected chi connectivity index (χ0v) is 20.0. The average Bonchev–Trinajstić information content (AvgIpc) is 2.89. The third-order valence-corrected chi connectivity index (χ3v) is 6.02. The number of piperazine rings is 1. The van der Waals surface area contributed by atoms with Gasteiger partial charge in [-0.15, -0.1) is 0 Å². The molecular formula is C25H30N6O4. The van der Waals surface area contributed by atoms with E-state index in [2.05, 4.69) is 32.3 Å². The first kappa shape index (κ1) is 24.2. The van der Waals surface area contributed by atoms with E-state index < -0.39 is 4.92 Å². The maximum Gasteiger partial charge on any atom is 0.353 e. The number of hydrogen-bond acceptors (Lipinski definition) is 9. The molecule has 0 saturated carbocycles. The lowest BCUT2D eigenvalue weighted by molar-refractivity contribution is -0.383. The number of hydrogen-bond donors (Lipinski definition) is 1. The van der Waals surface area contributed by atoms with Crippen molar-refractivity contribution in [1.29, 1.82) is 0 Å². The first-order valence-electron chi connectivity index (χ1n) is 11.5. The van der Waals surface area contributed by atoms with Crippen LogP contribution < -0.4 is 19.7 Å². The number of ether oxygens (including phenoxy) is 2. The van der Waals surface area contributed by atoms with Gasteiger partial charge in [0.15, 0.2) is 0 Å². The standard InChI is InChI=1S/C25H30N6O4/c1-34-21-14-20(15-22(16-21)35-2)8-9-26-24-23(31(32)33)25(28-18-27-24)30-12-10-29(11-13-30)17-19-6-4-3-5-7-19/h3-7,14-16,18H,8-13,17H2,1-2H3,(H,26,27,28). The van der Waals surface area contributed by atoms with Gasteiger partial charge in [-0.1, -0.05) is 30.3 Å². The van der Waals surface area contributed by atoms with Gasteiger partial charge in [0.05, 0.1) is 19.1 Å². The summed E-state index contributed by atoms with van der Waals surface area (Å²) >= 11 is 0. The van der Waals surface area contributed by atoms with Crippen LogP contribution in [0.2, 0.25) is 0 Å². The minimum Gasteiger partial charge on any atom is -0.497 e. The van der Waals surface area contributed by atoms with Crippen molar-refractivity contribution >= 4 is 17.3 Å². The molecule has 3 aromatic rings. The van der Waals surface area contributed by atoms with E-state index in [0.717, 1.165) is 25.2 Å². The van der Waals surface area contributed by atoms with E-state index in [9.17, 15) is 10.1 Å². The van der Waals surface area contributed by atoms with Gasteiger partial charge in [-0.2, -0.15) is 0 Å². The van der Waals surface area contributed by atoms with Crippen molar-refractivity contribution < 1.29 is 14.4 Å². The molecule has 0 atom stereocenters. The second kappa shape index (κ2) is 11.5. The molecule has 10 heteroatoms. The Hall–Kier alpha value is -3.92. The molecule has 1 aromatic heterocycles. The van der Waals surface area contributed by atoms with E-state index in [1.54, 1.807) is 20.3 Å². The molecule has 2 aromatic carbocycles. The van der Waals surface area contributed by atoms with Crippen LogP contribution in [0.4, 0.5) is 17.3 Å². The molecule has 1 saturated heterocycles. The molecule has 1 aliphatic heterocycles. The molecule has 35 heavy (non-hydrogen) atoms. The largest absolute Gasteiger partial charge is 0.497 e. The second-order valence-corrected chi connectivity index (χ2v) is 8.30. The molecular weight excluding hydrogens is 448 g/mol. The van der Waals surface area contributed by atoms with Gasteiger partial charge in [-0.05, 0) is 29.7 Å². The van der Waals surface area contributed by atoms with Crippen molar-refractivity contribution in [3.05, 3.63) is 76.1 Å². The monoisotopic (exact) mass is 478 g/mol. The Labute approximate surface area is 204 Å². The van der Waals surface area contributed by atoms with E-state index in [0.29, 0.717) is 43.4 Å². The number of nitrogens with one attached hydrogen (secondary N) is 1. The highest BCUT2D eigenvalue weighted by Gasteiger charge is 2.29. The fourth-order valence-corrected chi connectivity index (χ4v) is 4.19. The Morgan fingerprint density at radius 1 is 0.971 bits per heavy atom. The zero-order chi connectivity index (χ0) is 24.6. The Morgan fingerprint density at radius 3 is 2.29 bits per heavy atom. The second-order valence-electron chi connectivity index (χ2n) is 8.30. The van der Waals surface area contributed by atoms with Crippen LogP contribution >= 0.6 is 0 Å². The van der Waals surface area contributed by atoms with Crippen LogP contribution in [0.5, 0.6) is 11.5 Å². The molecule has 0 spiro atoms. The highest BCUT2D eigenvalue weighted by atomic mass is 16.6. The summed E-state index contributed by atoms with van der Waals surface area (Å²) in [6, 6.07) is 15.9. The van der Waals surface area contributed by atoms with Crippen LogP contribution in [0.1, 0.15) is 11.1 Å². The predicted molar refractivity (Wildman–Crippen MR) is 134 cm³/mol. The lowest BCUT2D eigenvalue weighted by Crippen LogP contribution is -2.46. The third kappa shape index (κ3) is 6.15. The number of nitro groups is 1. The normalized spacial score (nSPS) is 13.9. The summed E-state index contributed by atoms with van der Waals surface area (Å²) in [5.74, 6) is 1.97. The summed E-state index contributed by atoms with van der Waals surface area (Å²) in [7, 11) is 3.20. The molecule has 0 radical (unpaired) electrons. The Balaban J connectivity index is 1.41.